The van der Waals surface area contributed by atoms with Gasteiger partial charge in [-0.15, -0.1) is 0 Å². The number of nitrogen functional groups attached to an aromatic ring is 1. The maximum absolute atomic E-state index is 10.8. The molecule has 0 bridgehead atoms. The van der Waals surface area contributed by atoms with Crippen LogP contribution in [-0.2, 0) is 0 Å². The molecular weight excluding hydrogens is 256 g/mol. The molecular formula is C14H22N4O2. The lowest BCUT2D eigenvalue weighted by Gasteiger charge is -2.38. The fourth-order valence-corrected chi connectivity index (χ4v) is 2.49. The van der Waals surface area contributed by atoms with Crippen molar-refractivity contribution in [2.24, 2.45) is 5.41 Å². The van der Waals surface area contributed by atoms with Gasteiger partial charge in [0.05, 0.1) is 4.92 Å². The Morgan fingerprint density at radius 2 is 2.05 bits per heavy atom. The molecule has 0 amide bonds. The van der Waals surface area contributed by atoms with Gasteiger partial charge in [-0.25, -0.2) is 0 Å². The molecule has 6 heteroatoms. The number of non-ortho nitro benzene ring substituents is 1. The molecule has 0 radical (unpaired) electrons. The van der Waals surface area contributed by atoms with Gasteiger partial charge in [0.15, 0.2) is 0 Å². The van der Waals surface area contributed by atoms with Gasteiger partial charge in [-0.1, -0.05) is 6.92 Å². The van der Waals surface area contributed by atoms with Crippen LogP contribution < -0.4 is 11.1 Å². The van der Waals surface area contributed by atoms with Gasteiger partial charge < -0.3 is 16.0 Å². The van der Waals surface area contributed by atoms with E-state index in [0.717, 1.165) is 38.2 Å². The SMILES string of the molecule is CN1CCC(C)(CNc2cc(N)cc([N+](=O)[O-])c2)CC1. The molecule has 2 rings (SSSR count). The number of nitrogens with two attached hydrogens (primary N) is 1. The van der Waals surface area contributed by atoms with E-state index < -0.39 is 4.92 Å². The van der Waals surface area contributed by atoms with Crippen LogP contribution >= 0.6 is 0 Å². The number of nitrogens with zero attached hydrogens (tertiary/aromatic N) is 2. The number of nitro groups is 1. The molecule has 0 aliphatic carbocycles. The van der Waals surface area contributed by atoms with E-state index in [1.165, 1.54) is 12.1 Å². The second kappa shape index (κ2) is 5.66. The number of nitro benzene ring substituents is 1. The van der Waals surface area contributed by atoms with Gasteiger partial charge in [0.1, 0.15) is 0 Å². The van der Waals surface area contributed by atoms with Crippen LogP contribution in [0.1, 0.15) is 19.8 Å². The molecule has 0 atom stereocenters. The predicted octanol–water partition coefficient (Wildman–Crippen LogP) is 2.32. The first-order valence-electron chi connectivity index (χ1n) is 6.85. The Morgan fingerprint density at radius 1 is 1.40 bits per heavy atom. The van der Waals surface area contributed by atoms with Gasteiger partial charge in [-0.3, -0.25) is 10.1 Å². The lowest BCUT2D eigenvalue weighted by Crippen LogP contribution is -2.40. The molecule has 1 aromatic carbocycles. The number of hydrogen-bond acceptors (Lipinski definition) is 5. The maximum Gasteiger partial charge on any atom is 0.273 e. The average Bonchev–Trinajstić information content (AvgIpc) is 2.40. The van der Waals surface area contributed by atoms with Gasteiger partial charge in [-0.2, -0.15) is 0 Å². The molecule has 3 N–H and O–H groups in total. The van der Waals surface area contributed by atoms with Crippen LogP contribution in [0.15, 0.2) is 18.2 Å². The standard InChI is InChI=1S/C14H22N4O2/c1-14(3-5-17(2)6-4-14)10-16-12-7-11(15)8-13(9-12)18(19)20/h7-9,16H,3-6,10,15H2,1-2H3. The Hall–Kier alpha value is -1.82. The minimum Gasteiger partial charge on any atom is -0.398 e. The fourth-order valence-electron chi connectivity index (χ4n) is 2.49. The first-order valence-corrected chi connectivity index (χ1v) is 6.85. The Labute approximate surface area is 119 Å². The van der Waals surface area contributed by atoms with E-state index in [9.17, 15) is 10.1 Å². The third-order valence-corrected chi connectivity index (χ3v) is 4.06. The summed E-state index contributed by atoms with van der Waals surface area (Å²) >= 11 is 0. The zero-order valence-corrected chi connectivity index (χ0v) is 12.1. The van der Waals surface area contributed by atoms with Crippen LogP contribution in [0.4, 0.5) is 17.1 Å². The lowest BCUT2D eigenvalue weighted by atomic mass is 9.80. The zero-order chi connectivity index (χ0) is 14.8. The average molecular weight is 278 g/mol. The summed E-state index contributed by atoms with van der Waals surface area (Å²) in [5.41, 5.74) is 7.09. The fraction of sp³-hybridized carbons (Fsp3) is 0.571. The molecule has 1 aliphatic heterocycles. The van der Waals surface area contributed by atoms with E-state index in [0.29, 0.717) is 5.69 Å². The molecule has 1 fully saturated rings. The highest BCUT2D eigenvalue weighted by Crippen LogP contribution is 2.31. The third-order valence-electron chi connectivity index (χ3n) is 4.06. The van der Waals surface area contributed by atoms with Crippen molar-refractivity contribution in [3.63, 3.8) is 0 Å². The molecule has 1 aromatic rings. The van der Waals surface area contributed by atoms with Crippen molar-refractivity contribution in [1.82, 2.24) is 4.90 Å². The lowest BCUT2D eigenvalue weighted by molar-refractivity contribution is -0.384. The van der Waals surface area contributed by atoms with Crippen molar-refractivity contribution in [2.45, 2.75) is 19.8 Å². The number of piperidine rings is 1. The third kappa shape index (κ3) is 3.60. The van der Waals surface area contributed by atoms with Gasteiger partial charge in [0.25, 0.3) is 5.69 Å². The monoisotopic (exact) mass is 278 g/mol. The van der Waals surface area contributed by atoms with E-state index >= 15 is 0 Å². The molecule has 6 nitrogen and oxygen atoms in total. The summed E-state index contributed by atoms with van der Waals surface area (Å²) < 4.78 is 0. The highest BCUT2D eigenvalue weighted by atomic mass is 16.6. The molecule has 1 heterocycles. The minimum absolute atomic E-state index is 0.0287. The summed E-state index contributed by atoms with van der Waals surface area (Å²) in [6.07, 6.45) is 2.25. The van der Waals surface area contributed by atoms with Crippen LogP contribution in [0.5, 0.6) is 0 Å². The number of hydrogen-bond donors (Lipinski definition) is 2. The normalized spacial score (nSPS) is 18.7. The van der Waals surface area contributed by atoms with Crippen LogP contribution in [0.3, 0.4) is 0 Å². The Bertz CT molecular complexity index is 496. The smallest absolute Gasteiger partial charge is 0.273 e. The summed E-state index contributed by atoms with van der Waals surface area (Å²) in [7, 11) is 2.13. The van der Waals surface area contributed by atoms with Gasteiger partial charge in [0.2, 0.25) is 0 Å². The summed E-state index contributed by atoms with van der Waals surface area (Å²) in [4.78, 5) is 12.7. The summed E-state index contributed by atoms with van der Waals surface area (Å²) in [6.45, 7) is 5.25. The van der Waals surface area contributed by atoms with Crippen molar-refractivity contribution in [2.75, 3.05) is 37.7 Å². The van der Waals surface area contributed by atoms with E-state index in [2.05, 4.69) is 24.2 Å². The molecule has 0 spiro atoms. The zero-order valence-electron chi connectivity index (χ0n) is 12.1. The van der Waals surface area contributed by atoms with E-state index in [1.54, 1.807) is 6.07 Å². The molecule has 1 saturated heterocycles. The van der Waals surface area contributed by atoms with Crippen molar-refractivity contribution in [3.05, 3.63) is 28.3 Å². The molecule has 110 valence electrons. The summed E-state index contributed by atoms with van der Waals surface area (Å²) in [5, 5.41) is 14.1. The van der Waals surface area contributed by atoms with E-state index in [1.807, 2.05) is 0 Å². The second-order valence-corrected chi connectivity index (χ2v) is 6.04. The second-order valence-electron chi connectivity index (χ2n) is 6.04. The number of likely N-dealkylation sites (tertiary alicyclic amines) is 1. The highest BCUT2D eigenvalue weighted by molar-refractivity contribution is 5.61. The predicted molar refractivity (Wildman–Crippen MR) is 80.8 cm³/mol. The Balaban J connectivity index is 2.02. The van der Waals surface area contributed by atoms with Crippen LogP contribution in [0, 0.1) is 15.5 Å². The van der Waals surface area contributed by atoms with Crippen molar-refractivity contribution >= 4 is 17.1 Å². The molecule has 0 unspecified atom stereocenters. The number of benzene rings is 1. The quantitative estimate of drug-likeness (QED) is 0.501. The van der Waals surface area contributed by atoms with Crippen LogP contribution in [-0.4, -0.2) is 36.5 Å². The Morgan fingerprint density at radius 3 is 2.65 bits per heavy atom. The van der Waals surface area contributed by atoms with Gasteiger partial charge >= 0.3 is 0 Å². The Kier molecular flexibility index (Phi) is 4.13. The van der Waals surface area contributed by atoms with E-state index in [-0.39, 0.29) is 11.1 Å². The largest absolute Gasteiger partial charge is 0.398 e. The summed E-state index contributed by atoms with van der Waals surface area (Å²) in [6, 6.07) is 4.66. The molecule has 1 aliphatic rings. The first-order chi connectivity index (χ1) is 9.38. The molecule has 0 aromatic heterocycles. The van der Waals surface area contributed by atoms with Crippen molar-refractivity contribution < 1.29 is 4.92 Å². The molecule has 20 heavy (non-hydrogen) atoms. The van der Waals surface area contributed by atoms with Crippen LogP contribution in [0.2, 0.25) is 0 Å². The van der Waals surface area contributed by atoms with Gasteiger partial charge in [0, 0.05) is 30.1 Å². The topological polar surface area (TPSA) is 84.4 Å². The van der Waals surface area contributed by atoms with Crippen molar-refractivity contribution in [1.29, 1.82) is 0 Å². The van der Waals surface area contributed by atoms with E-state index in [4.69, 9.17) is 5.73 Å². The number of nitrogens with one attached hydrogen (secondary N) is 1. The van der Waals surface area contributed by atoms with Crippen molar-refractivity contribution in [3.8, 4) is 0 Å². The number of anilines is 2. The van der Waals surface area contributed by atoms with Crippen LogP contribution in [0.25, 0.3) is 0 Å². The molecule has 0 saturated carbocycles. The first kappa shape index (κ1) is 14.6. The number of rotatable bonds is 4. The highest BCUT2D eigenvalue weighted by Gasteiger charge is 2.28. The summed E-state index contributed by atoms with van der Waals surface area (Å²) in [5.74, 6) is 0. The van der Waals surface area contributed by atoms with Gasteiger partial charge in [-0.05, 0) is 44.5 Å². The maximum atomic E-state index is 10.8. The minimum atomic E-state index is -0.418.